The van der Waals surface area contributed by atoms with Crippen LogP contribution in [0.1, 0.15) is 17.8 Å². The predicted octanol–water partition coefficient (Wildman–Crippen LogP) is 0.104. The van der Waals surface area contributed by atoms with Crippen molar-refractivity contribution in [3.05, 3.63) is 5.01 Å². The van der Waals surface area contributed by atoms with E-state index in [0.717, 1.165) is 24.1 Å². The Bertz CT molecular complexity index is 381. The van der Waals surface area contributed by atoms with E-state index in [1.165, 1.54) is 43.8 Å². The van der Waals surface area contributed by atoms with Crippen LogP contribution >= 0.6 is 11.3 Å². The van der Waals surface area contributed by atoms with Crippen LogP contribution in [-0.2, 0) is 6.54 Å². The van der Waals surface area contributed by atoms with Crippen LogP contribution in [0.3, 0.4) is 0 Å². The van der Waals surface area contributed by atoms with Crippen LogP contribution in [0.2, 0.25) is 0 Å². The summed E-state index contributed by atoms with van der Waals surface area (Å²) in [6.07, 6.45) is 2.71. The van der Waals surface area contributed by atoms with Crippen LogP contribution < -0.4 is 11.3 Å². The number of nitrogens with zero attached hydrogens (tertiary/aromatic N) is 4. The quantitative estimate of drug-likeness (QED) is 0.589. The number of piperazine rings is 1. The molecule has 0 spiro atoms. The molecule has 0 bridgehead atoms. The first-order valence-electron chi connectivity index (χ1n) is 6.10. The zero-order chi connectivity index (χ0) is 11.7. The van der Waals surface area contributed by atoms with Gasteiger partial charge in [0.15, 0.2) is 0 Å². The summed E-state index contributed by atoms with van der Waals surface area (Å²) in [4.78, 5) is 5.09. The molecule has 1 aromatic rings. The van der Waals surface area contributed by atoms with Crippen molar-refractivity contribution in [1.29, 1.82) is 0 Å². The van der Waals surface area contributed by atoms with E-state index in [4.69, 9.17) is 5.84 Å². The lowest BCUT2D eigenvalue weighted by molar-refractivity contribution is 0.0991. The molecule has 7 heteroatoms. The first-order valence-corrected chi connectivity index (χ1v) is 6.92. The van der Waals surface area contributed by atoms with Gasteiger partial charge in [0.25, 0.3) is 0 Å². The van der Waals surface area contributed by atoms with Gasteiger partial charge in [-0.1, -0.05) is 11.3 Å². The van der Waals surface area contributed by atoms with E-state index in [1.54, 1.807) is 0 Å². The Morgan fingerprint density at radius 1 is 1.35 bits per heavy atom. The van der Waals surface area contributed by atoms with Crippen molar-refractivity contribution in [2.45, 2.75) is 25.4 Å². The topological polar surface area (TPSA) is 70.3 Å². The average Bonchev–Trinajstić information content (AvgIpc) is 2.96. The minimum atomic E-state index is 0.694. The Kier molecular flexibility index (Phi) is 3.24. The highest BCUT2D eigenvalue weighted by molar-refractivity contribution is 7.15. The van der Waals surface area contributed by atoms with Gasteiger partial charge in [0.05, 0.1) is 6.54 Å². The van der Waals surface area contributed by atoms with Gasteiger partial charge in [-0.15, -0.1) is 10.2 Å². The van der Waals surface area contributed by atoms with Crippen LogP contribution in [0.5, 0.6) is 0 Å². The lowest BCUT2D eigenvalue weighted by Crippen LogP contribution is -2.49. The third-order valence-corrected chi connectivity index (χ3v) is 4.46. The van der Waals surface area contributed by atoms with E-state index in [9.17, 15) is 0 Å². The fourth-order valence-electron chi connectivity index (χ4n) is 2.77. The normalized spacial score (nSPS) is 26.1. The van der Waals surface area contributed by atoms with Gasteiger partial charge in [-0.2, -0.15) is 0 Å². The van der Waals surface area contributed by atoms with E-state index >= 15 is 0 Å². The molecule has 0 radical (unpaired) electrons. The molecule has 2 saturated heterocycles. The first kappa shape index (κ1) is 11.3. The summed E-state index contributed by atoms with van der Waals surface area (Å²) in [5.74, 6) is 5.30. The highest BCUT2D eigenvalue weighted by Crippen LogP contribution is 2.23. The van der Waals surface area contributed by atoms with Crippen molar-refractivity contribution in [1.82, 2.24) is 20.0 Å². The monoisotopic (exact) mass is 254 g/mol. The molecule has 0 saturated carbocycles. The van der Waals surface area contributed by atoms with Gasteiger partial charge >= 0.3 is 0 Å². The molecule has 0 amide bonds. The molecule has 3 N–H and O–H groups in total. The number of hydrazine groups is 1. The molecule has 0 aliphatic carbocycles. The standard InChI is InChI=1S/C10H18N6S/c11-12-10-14-13-9(17-10)7-15-4-5-16-3-1-2-8(16)6-15/h8H,1-7,11H2,(H,12,14). The van der Waals surface area contributed by atoms with E-state index in [-0.39, 0.29) is 0 Å². The second-order valence-corrected chi connectivity index (χ2v) is 5.77. The molecule has 1 aromatic heterocycles. The van der Waals surface area contributed by atoms with Gasteiger partial charge in [0.2, 0.25) is 5.13 Å². The molecule has 6 nitrogen and oxygen atoms in total. The fraction of sp³-hybridized carbons (Fsp3) is 0.800. The maximum atomic E-state index is 5.30. The number of nitrogens with one attached hydrogen (secondary N) is 1. The average molecular weight is 254 g/mol. The van der Waals surface area contributed by atoms with E-state index in [0.29, 0.717) is 5.13 Å². The van der Waals surface area contributed by atoms with Crippen molar-refractivity contribution < 1.29 is 0 Å². The number of hydrogen-bond acceptors (Lipinski definition) is 7. The van der Waals surface area contributed by atoms with Gasteiger partial charge < -0.3 is 0 Å². The summed E-state index contributed by atoms with van der Waals surface area (Å²) < 4.78 is 0. The van der Waals surface area contributed by atoms with Crippen molar-refractivity contribution in [3.63, 3.8) is 0 Å². The summed E-state index contributed by atoms with van der Waals surface area (Å²) in [7, 11) is 0. The first-order chi connectivity index (χ1) is 8.35. The van der Waals surface area contributed by atoms with Gasteiger partial charge in [-0.05, 0) is 19.4 Å². The molecule has 17 heavy (non-hydrogen) atoms. The minimum absolute atomic E-state index is 0.694. The Balaban J connectivity index is 1.58. The molecule has 2 aliphatic heterocycles. The van der Waals surface area contributed by atoms with Crippen LogP contribution in [0.15, 0.2) is 0 Å². The zero-order valence-electron chi connectivity index (χ0n) is 9.80. The van der Waals surface area contributed by atoms with Gasteiger partial charge in [-0.3, -0.25) is 15.2 Å². The smallest absolute Gasteiger partial charge is 0.219 e. The van der Waals surface area contributed by atoms with Crippen LogP contribution in [0.4, 0.5) is 5.13 Å². The number of nitrogens with two attached hydrogens (primary N) is 1. The SMILES string of the molecule is NNc1nnc(CN2CCN3CCCC3C2)s1. The maximum Gasteiger partial charge on any atom is 0.219 e. The number of aromatic nitrogens is 2. The molecule has 2 aliphatic rings. The maximum absolute atomic E-state index is 5.30. The molecule has 3 heterocycles. The number of hydrogen-bond donors (Lipinski definition) is 2. The highest BCUT2D eigenvalue weighted by Gasteiger charge is 2.30. The van der Waals surface area contributed by atoms with Gasteiger partial charge in [0, 0.05) is 25.7 Å². The molecule has 3 rings (SSSR count). The molecule has 2 fully saturated rings. The van der Waals surface area contributed by atoms with Crippen molar-refractivity contribution in [2.75, 3.05) is 31.6 Å². The van der Waals surface area contributed by atoms with Gasteiger partial charge in [0.1, 0.15) is 5.01 Å². The summed E-state index contributed by atoms with van der Waals surface area (Å²) in [6.45, 7) is 5.71. The lowest BCUT2D eigenvalue weighted by Gasteiger charge is -2.36. The summed E-state index contributed by atoms with van der Waals surface area (Å²) in [5, 5.41) is 9.84. The molecule has 0 aromatic carbocycles. The number of nitrogen functional groups attached to an aromatic ring is 1. The Morgan fingerprint density at radius 3 is 3.12 bits per heavy atom. The number of rotatable bonds is 3. The zero-order valence-corrected chi connectivity index (χ0v) is 10.6. The Morgan fingerprint density at radius 2 is 2.29 bits per heavy atom. The molecular formula is C10H18N6S. The number of anilines is 1. The van der Waals surface area contributed by atoms with Crippen molar-refractivity contribution in [2.24, 2.45) is 5.84 Å². The van der Waals surface area contributed by atoms with Crippen molar-refractivity contribution >= 4 is 16.5 Å². The Labute approximate surface area is 105 Å². The third-order valence-electron chi connectivity index (χ3n) is 3.62. The number of fused-ring (bicyclic) bond motifs is 1. The van der Waals surface area contributed by atoms with Crippen LogP contribution in [0.25, 0.3) is 0 Å². The molecule has 94 valence electrons. The Hall–Kier alpha value is -0.760. The minimum Gasteiger partial charge on any atom is -0.298 e. The second kappa shape index (κ2) is 4.85. The molecular weight excluding hydrogens is 236 g/mol. The molecule has 1 atom stereocenters. The van der Waals surface area contributed by atoms with E-state index in [1.807, 2.05) is 0 Å². The summed E-state index contributed by atoms with van der Waals surface area (Å²) >= 11 is 1.54. The van der Waals surface area contributed by atoms with E-state index in [2.05, 4.69) is 25.4 Å². The predicted molar refractivity (Wildman–Crippen MR) is 67.6 cm³/mol. The largest absolute Gasteiger partial charge is 0.298 e. The van der Waals surface area contributed by atoms with Gasteiger partial charge in [-0.25, -0.2) is 5.84 Å². The summed E-state index contributed by atoms with van der Waals surface area (Å²) in [5.41, 5.74) is 2.54. The second-order valence-electron chi connectivity index (χ2n) is 4.71. The van der Waals surface area contributed by atoms with Crippen molar-refractivity contribution in [3.8, 4) is 0 Å². The summed E-state index contributed by atoms with van der Waals surface area (Å²) in [6, 6.07) is 0.767. The highest BCUT2D eigenvalue weighted by atomic mass is 32.1. The van der Waals surface area contributed by atoms with Crippen LogP contribution in [-0.4, -0.2) is 52.2 Å². The lowest BCUT2D eigenvalue weighted by atomic mass is 10.1. The third kappa shape index (κ3) is 2.42. The fourth-order valence-corrected chi connectivity index (χ4v) is 3.46. The van der Waals surface area contributed by atoms with E-state index < -0.39 is 0 Å². The van der Waals surface area contributed by atoms with Crippen LogP contribution in [0, 0.1) is 0 Å². The molecule has 1 unspecified atom stereocenters.